The fourth-order valence-corrected chi connectivity index (χ4v) is 2.07. The number of benzene rings is 1. The van der Waals surface area contributed by atoms with Crippen molar-refractivity contribution < 1.29 is 14.2 Å². The number of rotatable bonds is 5. The molecule has 0 amide bonds. The maximum Gasteiger partial charge on any atom is 0.162 e. The van der Waals surface area contributed by atoms with E-state index in [-0.39, 0.29) is 6.10 Å². The van der Waals surface area contributed by atoms with Crippen LogP contribution in [-0.4, -0.2) is 33.0 Å². The zero-order valence-electron chi connectivity index (χ0n) is 11.3. The van der Waals surface area contributed by atoms with Crippen LogP contribution in [0.15, 0.2) is 24.3 Å². The summed E-state index contributed by atoms with van der Waals surface area (Å²) in [7, 11) is 1.65. The van der Waals surface area contributed by atoms with Crippen LogP contribution in [0.4, 0.5) is 0 Å². The second-order valence-corrected chi connectivity index (χ2v) is 4.48. The number of ether oxygens (including phenoxy) is 3. The molecule has 1 heterocycles. The van der Waals surface area contributed by atoms with Crippen LogP contribution in [0.25, 0.3) is 6.08 Å². The molecule has 0 unspecified atom stereocenters. The molecule has 0 saturated carbocycles. The maximum absolute atomic E-state index is 6.03. The Morgan fingerprint density at radius 2 is 2.11 bits per heavy atom. The van der Waals surface area contributed by atoms with Crippen molar-refractivity contribution in [3.63, 3.8) is 0 Å². The Morgan fingerprint density at radius 3 is 2.79 bits per heavy atom. The molecule has 1 aromatic rings. The van der Waals surface area contributed by atoms with E-state index in [1.165, 1.54) is 0 Å². The summed E-state index contributed by atoms with van der Waals surface area (Å²) >= 11 is 0. The van der Waals surface area contributed by atoms with Crippen molar-refractivity contribution in [3.8, 4) is 11.5 Å². The van der Waals surface area contributed by atoms with Crippen LogP contribution in [-0.2, 0) is 4.74 Å². The Hall–Kier alpha value is -1.52. The van der Waals surface area contributed by atoms with Gasteiger partial charge in [-0.05, 0) is 17.7 Å². The lowest BCUT2D eigenvalue weighted by atomic mass is 10.1. The summed E-state index contributed by atoms with van der Waals surface area (Å²) < 4.78 is 16.7. The molecule has 4 nitrogen and oxygen atoms in total. The number of hydrogen-bond donors (Lipinski definition) is 1. The molecule has 2 rings (SSSR count). The molecule has 1 aliphatic rings. The van der Waals surface area contributed by atoms with Crippen LogP contribution in [0.1, 0.15) is 18.4 Å². The van der Waals surface area contributed by atoms with Gasteiger partial charge in [-0.1, -0.05) is 18.2 Å². The molecular weight excluding hydrogens is 242 g/mol. The third-order valence-corrected chi connectivity index (χ3v) is 3.10. The van der Waals surface area contributed by atoms with Crippen molar-refractivity contribution in [2.75, 3.05) is 26.9 Å². The molecule has 1 saturated heterocycles. The van der Waals surface area contributed by atoms with E-state index in [2.05, 4.69) is 0 Å². The van der Waals surface area contributed by atoms with Gasteiger partial charge in [-0.15, -0.1) is 0 Å². The van der Waals surface area contributed by atoms with Crippen LogP contribution in [0.2, 0.25) is 0 Å². The van der Waals surface area contributed by atoms with Gasteiger partial charge in [-0.3, -0.25) is 0 Å². The minimum Gasteiger partial charge on any atom is -0.493 e. The largest absolute Gasteiger partial charge is 0.493 e. The van der Waals surface area contributed by atoms with Crippen LogP contribution < -0.4 is 15.2 Å². The van der Waals surface area contributed by atoms with Gasteiger partial charge in [0.1, 0.15) is 6.10 Å². The van der Waals surface area contributed by atoms with E-state index in [0.29, 0.717) is 6.54 Å². The highest BCUT2D eigenvalue weighted by Gasteiger charge is 2.17. The zero-order chi connectivity index (χ0) is 13.5. The lowest BCUT2D eigenvalue weighted by Gasteiger charge is -2.24. The third-order valence-electron chi connectivity index (χ3n) is 3.10. The van der Waals surface area contributed by atoms with Crippen LogP contribution in [0.5, 0.6) is 11.5 Å². The third kappa shape index (κ3) is 3.98. The van der Waals surface area contributed by atoms with Crippen LogP contribution in [0.3, 0.4) is 0 Å². The molecule has 104 valence electrons. The first-order chi connectivity index (χ1) is 9.33. The Labute approximate surface area is 114 Å². The van der Waals surface area contributed by atoms with Gasteiger partial charge in [0.2, 0.25) is 0 Å². The van der Waals surface area contributed by atoms with Crippen LogP contribution >= 0.6 is 0 Å². The highest BCUT2D eigenvalue weighted by Crippen LogP contribution is 2.30. The van der Waals surface area contributed by atoms with Crippen molar-refractivity contribution in [3.05, 3.63) is 29.8 Å². The number of nitrogens with two attached hydrogens (primary N) is 1. The topological polar surface area (TPSA) is 53.7 Å². The second-order valence-electron chi connectivity index (χ2n) is 4.48. The summed E-state index contributed by atoms with van der Waals surface area (Å²) in [5.41, 5.74) is 6.53. The molecule has 1 aliphatic heterocycles. The monoisotopic (exact) mass is 263 g/mol. The zero-order valence-corrected chi connectivity index (χ0v) is 11.3. The Balaban J connectivity index is 2.13. The number of hydrogen-bond acceptors (Lipinski definition) is 4. The summed E-state index contributed by atoms with van der Waals surface area (Å²) in [5, 5.41) is 0. The summed E-state index contributed by atoms with van der Waals surface area (Å²) in [6, 6.07) is 5.90. The van der Waals surface area contributed by atoms with E-state index in [1.54, 1.807) is 7.11 Å². The molecule has 1 fully saturated rings. The summed E-state index contributed by atoms with van der Waals surface area (Å²) in [5.74, 6) is 1.55. The van der Waals surface area contributed by atoms with E-state index in [0.717, 1.165) is 43.1 Å². The SMILES string of the molecule is COc1ccc(/C=C/CN)cc1OC1CCOCC1. The molecule has 0 radical (unpaired) electrons. The van der Waals surface area contributed by atoms with Crippen molar-refractivity contribution in [2.24, 2.45) is 5.73 Å². The molecular formula is C15H21NO3. The van der Waals surface area contributed by atoms with E-state index in [4.69, 9.17) is 19.9 Å². The summed E-state index contributed by atoms with van der Waals surface area (Å²) in [6.45, 7) is 2.06. The van der Waals surface area contributed by atoms with E-state index in [9.17, 15) is 0 Å². The molecule has 19 heavy (non-hydrogen) atoms. The first kappa shape index (κ1) is 13.9. The van der Waals surface area contributed by atoms with E-state index < -0.39 is 0 Å². The minimum atomic E-state index is 0.205. The Kier molecular flexibility index (Phi) is 5.24. The normalized spacial score (nSPS) is 16.7. The molecule has 0 atom stereocenters. The van der Waals surface area contributed by atoms with Crippen molar-refractivity contribution in [2.45, 2.75) is 18.9 Å². The van der Waals surface area contributed by atoms with Crippen molar-refractivity contribution in [1.29, 1.82) is 0 Å². The maximum atomic E-state index is 6.03. The fraction of sp³-hybridized carbons (Fsp3) is 0.467. The smallest absolute Gasteiger partial charge is 0.162 e. The standard InChI is InChI=1S/C15H21NO3/c1-17-14-5-4-12(3-2-8-16)11-15(14)19-13-6-9-18-10-7-13/h2-5,11,13H,6-10,16H2,1H3/b3-2+. The second kappa shape index (κ2) is 7.16. The number of methoxy groups -OCH3 is 1. The summed E-state index contributed by atoms with van der Waals surface area (Å²) in [4.78, 5) is 0. The Bertz CT molecular complexity index is 425. The van der Waals surface area contributed by atoms with Gasteiger partial charge in [0.05, 0.1) is 20.3 Å². The van der Waals surface area contributed by atoms with Gasteiger partial charge >= 0.3 is 0 Å². The molecule has 0 bridgehead atoms. The molecule has 0 spiro atoms. The van der Waals surface area contributed by atoms with Gasteiger partial charge in [-0.2, -0.15) is 0 Å². The lowest BCUT2D eigenvalue weighted by Crippen LogP contribution is -2.26. The van der Waals surface area contributed by atoms with Crippen molar-refractivity contribution in [1.82, 2.24) is 0 Å². The van der Waals surface area contributed by atoms with Crippen molar-refractivity contribution >= 4 is 6.08 Å². The Morgan fingerprint density at radius 1 is 1.32 bits per heavy atom. The van der Waals surface area contributed by atoms with E-state index in [1.807, 2.05) is 30.4 Å². The predicted molar refractivity (Wildman–Crippen MR) is 75.6 cm³/mol. The molecule has 2 N–H and O–H groups in total. The van der Waals surface area contributed by atoms with Gasteiger partial charge in [0.25, 0.3) is 0 Å². The first-order valence-electron chi connectivity index (χ1n) is 6.62. The van der Waals surface area contributed by atoms with E-state index >= 15 is 0 Å². The minimum absolute atomic E-state index is 0.205. The quantitative estimate of drug-likeness (QED) is 0.885. The average Bonchev–Trinajstić information content (AvgIpc) is 2.46. The van der Waals surface area contributed by atoms with Gasteiger partial charge in [0, 0.05) is 19.4 Å². The van der Waals surface area contributed by atoms with Gasteiger partial charge in [0.15, 0.2) is 11.5 Å². The highest BCUT2D eigenvalue weighted by molar-refractivity contribution is 5.56. The predicted octanol–water partition coefficient (Wildman–Crippen LogP) is 2.22. The molecule has 1 aromatic carbocycles. The fourth-order valence-electron chi connectivity index (χ4n) is 2.07. The molecule has 0 aliphatic carbocycles. The van der Waals surface area contributed by atoms with Gasteiger partial charge < -0.3 is 19.9 Å². The van der Waals surface area contributed by atoms with Crippen LogP contribution in [0, 0.1) is 0 Å². The first-order valence-corrected chi connectivity index (χ1v) is 6.62. The highest BCUT2D eigenvalue weighted by atomic mass is 16.5. The average molecular weight is 263 g/mol. The molecule has 0 aromatic heterocycles. The summed E-state index contributed by atoms with van der Waals surface area (Å²) in [6.07, 6.45) is 5.95. The lowest BCUT2D eigenvalue weighted by molar-refractivity contribution is 0.0245. The molecule has 4 heteroatoms. The van der Waals surface area contributed by atoms with Gasteiger partial charge in [-0.25, -0.2) is 0 Å².